The lowest BCUT2D eigenvalue weighted by molar-refractivity contribution is 0.373. The second-order valence-corrected chi connectivity index (χ2v) is 6.45. The Balaban J connectivity index is 0.000000227. The number of rotatable bonds is 0. The first-order valence-electron chi connectivity index (χ1n) is 8.48. The fourth-order valence-corrected chi connectivity index (χ4v) is 3.85. The van der Waals surface area contributed by atoms with Crippen LogP contribution in [-0.2, 0) is 11.2 Å². The van der Waals surface area contributed by atoms with Gasteiger partial charge in [0.1, 0.15) is 6.10 Å². The molecule has 24 heavy (non-hydrogen) atoms. The van der Waals surface area contributed by atoms with E-state index in [4.69, 9.17) is 4.74 Å². The largest absolute Gasteiger partial charge is 0.473 e. The van der Waals surface area contributed by atoms with Gasteiger partial charge in [0.15, 0.2) is 0 Å². The van der Waals surface area contributed by atoms with Crippen molar-refractivity contribution < 1.29 is 9.15 Å². The molecule has 1 aliphatic heterocycles. The highest BCUT2D eigenvalue weighted by Crippen LogP contribution is 2.49. The Bertz CT molecular complexity index is 984. The smallest absolute Gasteiger partial charge is 0.110 e. The summed E-state index contributed by atoms with van der Waals surface area (Å²) in [6.45, 7) is 0. The third-order valence-corrected chi connectivity index (χ3v) is 5.05. The molecule has 2 aliphatic rings. The Morgan fingerprint density at radius 2 is 1.58 bits per heavy atom. The van der Waals surface area contributed by atoms with Crippen molar-refractivity contribution in [1.29, 1.82) is 0 Å². The number of hydrogen-bond donors (Lipinski definition) is 0. The van der Waals surface area contributed by atoms with Crippen molar-refractivity contribution in [3.8, 4) is 0 Å². The van der Waals surface area contributed by atoms with Gasteiger partial charge in [0.25, 0.3) is 0 Å². The van der Waals surface area contributed by atoms with Crippen molar-refractivity contribution in [1.82, 2.24) is 0 Å². The van der Waals surface area contributed by atoms with E-state index in [0.717, 1.165) is 0 Å². The van der Waals surface area contributed by atoms with E-state index in [1.165, 1.54) is 45.5 Å². The maximum Gasteiger partial charge on any atom is 0.110 e. The van der Waals surface area contributed by atoms with Gasteiger partial charge in [-0.05, 0) is 57.6 Å². The van der Waals surface area contributed by atoms with E-state index in [1.807, 2.05) is 12.1 Å². The summed E-state index contributed by atoms with van der Waals surface area (Å²) in [5.41, 5.74) is 2.95. The molecule has 2 heterocycles. The molecule has 2 heteroatoms. The molecule has 2 nitrogen and oxygen atoms in total. The van der Waals surface area contributed by atoms with Crippen LogP contribution < -0.4 is 0 Å². The Morgan fingerprint density at radius 1 is 0.750 bits per heavy atom. The Hall–Kier alpha value is -2.58. The van der Waals surface area contributed by atoms with Gasteiger partial charge in [0, 0.05) is 0 Å². The van der Waals surface area contributed by atoms with Crippen LogP contribution in [0.25, 0.3) is 21.5 Å². The second-order valence-electron chi connectivity index (χ2n) is 6.45. The van der Waals surface area contributed by atoms with Gasteiger partial charge < -0.3 is 9.15 Å². The SMILES string of the molecule is c1ccc2c(c1)ccc1c3c(ccc12)CCC1OC31.c1ccoc1. The van der Waals surface area contributed by atoms with Crippen LogP contribution in [0.2, 0.25) is 0 Å². The van der Waals surface area contributed by atoms with E-state index in [1.54, 1.807) is 12.5 Å². The number of epoxide rings is 1. The van der Waals surface area contributed by atoms with Crippen molar-refractivity contribution in [2.24, 2.45) is 0 Å². The van der Waals surface area contributed by atoms with E-state index in [9.17, 15) is 0 Å². The minimum atomic E-state index is 0.369. The topological polar surface area (TPSA) is 25.7 Å². The van der Waals surface area contributed by atoms with Gasteiger partial charge >= 0.3 is 0 Å². The molecule has 2 atom stereocenters. The standard InChI is InChI=1S/C18H14O.C4H4O/c1-2-4-13-11(3-1)5-9-15-14(13)8-6-12-7-10-16-18(19-16)17(12)15;1-2-4-5-3-1/h1-6,8-9,16,18H,7,10H2;1-4H. The van der Waals surface area contributed by atoms with Crippen molar-refractivity contribution in [3.05, 3.63) is 84.3 Å². The first-order valence-corrected chi connectivity index (χ1v) is 8.48. The molecule has 0 N–H and O–H groups in total. The van der Waals surface area contributed by atoms with Crippen molar-refractivity contribution in [3.63, 3.8) is 0 Å². The number of ether oxygens (including phenoxy) is 1. The van der Waals surface area contributed by atoms with Crippen LogP contribution >= 0.6 is 0 Å². The van der Waals surface area contributed by atoms with Gasteiger partial charge in [0.2, 0.25) is 0 Å². The Labute approximate surface area is 140 Å². The molecule has 0 saturated carbocycles. The molecular formula is C22H18O2. The monoisotopic (exact) mass is 314 g/mol. The third-order valence-electron chi connectivity index (χ3n) is 5.05. The number of furan rings is 1. The molecule has 1 aromatic heterocycles. The van der Waals surface area contributed by atoms with Gasteiger partial charge in [-0.25, -0.2) is 0 Å². The highest BCUT2D eigenvalue weighted by molar-refractivity contribution is 6.09. The van der Waals surface area contributed by atoms with E-state index >= 15 is 0 Å². The van der Waals surface area contributed by atoms with E-state index in [-0.39, 0.29) is 0 Å². The maximum absolute atomic E-state index is 5.82. The summed E-state index contributed by atoms with van der Waals surface area (Å²) in [4.78, 5) is 0. The Morgan fingerprint density at radius 3 is 2.42 bits per heavy atom. The molecule has 3 aromatic carbocycles. The summed E-state index contributed by atoms with van der Waals surface area (Å²) in [5, 5.41) is 5.43. The highest BCUT2D eigenvalue weighted by atomic mass is 16.6. The fraction of sp³-hybridized carbons (Fsp3) is 0.182. The predicted octanol–water partition coefficient (Wildman–Crippen LogP) is 5.66. The molecule has 4 aromatic rings. The Kier molecular flexibility index (Phi) is 3.17. The molecule has 0 spiro atoms. The minimum absolute atomic E-state index is 0.369. The maximum atomic E-state index is 5.82. The van der Waals surface area contributed by atoms with Crippen molar-refractivity contribution >= 4 is 21.5 Å². The summed E-state index contributed by atoms with van der Waals surface area (Å²) in [7, 11) is 0. The lowest BCUT2D eigenvalue weighted by Gasteiger charge is -2.15. The third kappa shape index (κ3) is 2.22. The summed E-state index contributed by atoms with van der Waals surface area (Å²) in [6.07, 6.45) is 6.47. The molecule has 0 amide bonds. The van der Waals surface area contributed by atoms with Crippen LogP contribution in [0.15, 0.2) is 77.6 Å². The molecule has 6 rings (SSSR count). The first-order chi connectivity index (χ1) is 11.9. The zero-order valence-corrected chi connectivity index (χ0v) is 13.3. The quantitative estimate of drug-likeness (QED) is 0.309. The summed E-state index contributed by atoms with van der Waals surface area (Å²) < 4.78 is 10.4. The van der Waals surface area contributed by atoms with Crippen LogP contribution in [0.5, 0.6) is 0 Å². The van der Waals surface area contributed by atoms with Crippen LogP contribution in [-0.4, -0.2) is 6.10 Å². The lowest BCUT2D eigenvalue weighted by Crippen LogP contribution is -2.04. The fourth-order valence-electron chi connectivity index (χ4n) is 3.85. The number of benzene rings is 3. The van der Waals surface area contributed by atoms with E-state index in [2.05, 4.69) is 52.9 Å². The molecule has 118 valence electrons. The average Bonchev–Trinajstić information content (AvgIpc) is 3.18. The number of hydrogen-bond acceptors (Lipinski definition) is 2. The van der Waals surface area contributed by atoms with Crippen LogP contribution in [0.4, 0.5) is 0 Å². The second kappa shape index (κ2) is 5.50. The first kappa shape index (κ1) is 13.8. The van der Waals surface area contributed by atoms with Crippen molar-refractivity contribution in [2.75, 3.05) is 0 Å². The zero-order chi connectivity index (χ0) is 15.9. The van der Waals surface area contributed by atoms with E-state index < -0.39 is 0 Å². The normalized spacial score (nSPS) is 20.8. The molecule has 0 radical (unpaired) electrons. The highest BCUT2D eigenvalue weighted by Gasteiger charge is 2.44. The molecule has 1 saturated heterocycles. The van der Waals surface area contributed by atoms with Gasteiger partial charge in [-0.1, -0.05) is 48.5 Å². The van der Waals surface area contributed by atoms with Crippen LogP contribution in [0, 0.1) is 0 Å². The van der Waals surface area contributed by atoms with Gasteiger partial charge in [-0.15, -0.1) is 0 Å². The molecule has 0 bridgehead atoms. The number of fused-ring (bicyclic) bond motifs is 7. The van der Waals surface area contributed by atoms with E-state index in [0.29, 0.717) is 12.2 Å². The number of aryl methyl sites for hydroxylation is 1. The average molecular weight is 314 g/mol. The zero-order valence-electron chi connectivity index (χ0n) is 13.3. The van der Waals surface area contributed by atoms with Gasteiger partial charge in [0.05, 0.1) is 18.6 Å². The summed E-state index contributed by atoms with van der Waals surface area (Å²) in [6, 6.07) is 21.4. The van der Waals surface area contributed by atoms with Crippen molar-refractivity contribution in [2.45, 2.75) is 25.0 Å². The molecular weight excluding hydrogens is 296 g/mol. The molecule has 1 aliphatic carbocycles. The molecule has 1 fully saturated rings. The summed E-state index contributed by atoms with van der Waals surface area (Å²) >= 11 is 0. The lowest BCUT2D eigenvalue weighted by atomic mass is 9.86. The predicted molar refractivity (Wildman–Crippen MR) is 96.1 cm³/mol. The van der Waals surface area contributed by atoms with Crippen LogP contribution in [0.3, 0.4) is 0 Å². The van der Waals surface area contributed by atoms with Gasteiger partial charge in [-0.3, -0.25) is 0 Å². The molecule has 2 unspecified atom stereocenters. The van der Waals surface area contributed by atoms with Gasteiger partial charge in [-0.2, -0.15) is 0 Å². The van der Waals surface area contributed by atoms with Crippen LogP contribution in [0.1, 0.15) is 23.7 Å². The summed E-state index contributed by atoms with van der Waals surface area (Å²) in [5.74, 6) is 0. The minimum Gasteiger partial charge on any atom is -0.473 e.